The molecule has 1 rings (SSSR count). The summed E-state index contributed by atoms with van der Waals surface area (Å²) in [6.07, 6.45) is 7.89. The summed E-state index contributed by atoms with van der Waals surface area (Å²) < 4.78 is 0. The number of rotatable bonds is 7. The summed E-state index contributed by atoms with van der Waals surface area (Å²) in [5, 5.41) is 0. The Morgan fingerprint density at radius 1 is 1.00 bits per heavy atom. The van der Waals surface area contributed by atoms with Crippen molar-refractivity contribution in [1.82, 2.24) is 4.90 Å². The summed E-state index contributed by atoms with van der Waals surface area (Å²) in [5.74, 6) is 0. The monoisotopic (exact) mass is 217 g/mol. The molecule has 16 heavy (non-hydrogen) atoms. The highest BCUT2D eigenvalue weighted by molar-refractivity contribution is 5.32. The van der Waals surface area contributed by atoms with Gasteiger partial charge in [-0.1, -0.05) is 38.7 Å². The second kappa shape index (κ2) is 7.30. The zero-order valence-electron chi connectivity index (χ0n) is 10.8. The number of hydrogen-bond acceptors (Lipinski definition) is 1. The van der Waals surface area contributed by atoms with Gasteiger partial charge in [0.2, 0.25) is 0 Å². The third-order valence-corrected chi connectivity index (χ3v) is 2.77. The molecule has 0 saturated heterocycles. The summed E-state index contributed by atoms with van der Waals surface area (Å²) in [6.45, 7) is 9.92. The largest absolute Gasteiger partial charge is 0.299 e. The lowest BCUT2D eigenvalue weighted by atomic mass is 10.1. The second-order valence-electron chi connectivity index (χ2n) is 4.25. The molecule has 0 radical (unpaired) electrons. The molecule has 88 valence electrons. The van der Waals surface area contributed by atoms with Crippen LogP contribution in [0.15, 0.2) is 34.8 Å². The van der Waals surface area contributed by atoms with E-state index < -0.39 is 0 Å². The quantitative estimate of drug-likeness (QED) is 0.588. The smallest absolute Gasteiger partial charge is 0.0313 e. The molecule has 0 bridgehead atoms. The molecule has 0 aromatic carbocycles. The van der Waals surface area contributed by atoms with Crippen molar-refractivity contribution in [3.05, 3.63) is 34.8 Å². The second-order valence-corrected chi connectivity index (χ2v) is 4.25. The van der Waals surface area contributed by atoms with E-state index in [1.165, 1.54) is 30.5 Å². The van der Waals surface area contributed by atoms with Gasteiger partial charge in [-0.3, -0.25) is 4.90 Å². The van der Waals surface area contributed by atoms with Crippen LogP contribution in [-0.4, -0.2) is 24.5 Å². The SMILES string of the molecule is CCCC1=C=C=C(CN(CC)CCC)C=C1. The molecule has 0 aliphatic heterocycles. The molecule has 0 amide bonds. The first kappa shape index (κ1) is 13.1. The first-order chi connectivity index (χ1) is 7.80. The van der Waals surface area contributed by atoms with Crippen molar-refractivity contribution in [2.45, 2.75) is 40.0 Å². The van der Waals surface area contributed by atoms with Crippen molar-refractivity contribution < 1.29 is 0 Å². The minimum atomic E-state index is 1.01. The standard InChI is InChI=1S/C15H23N/c1-4-7-14-8-10-15(11-9-14)13-16(6-3)12-5-2/h8,10H,4-7,12-13H2,1-3H3. The lowest BCUT2D eigenvalue weighted by Gasteiger charge is -2.19. The van der Waals surface area contributed by atoms with Gasteiger partial charge in [-0.05, 0) is 38.1 Å². The molecule has 1 aliphatic rings. The molecule has 1 heteroatoms. The van der Waals surface area contributed by atoms with Crippen LogP contribution in [0, 0.1) is 0 Å². The average Bonchev–Trinajstić information content (AvgIpc) is 2.31. The van der Waals surface area contributed by atoms with Crippen LogP contribution in [0.5, 0.6) is 0 Å². The minimum Gasteiger partial charge on any atom is -0.299 e. The highest BCUT2D eigenvalue weighted by atomic mass is 15.1. The fraction of sp³-hybridized carbons (Fsp3) is 0.600. The van der Waals surface area contributed by atoms with Gasteiger partial charge in [0.1, 0.15) is 0 Å². The Kier molecular flexibility index (Phi) is 5.96. The maximum Gasteiger partial charge on any atom is 0.0313 e. The lowest BCUT2D eigenvalue weighted by Crippen LogP contribution is -2.26. The van der Waals surface area contributed by atoms with Crippen LogP contribution in [0.4, 0.5) is 0 Å². The third kappa shape index (κ3) is 4.24. The predicted molar refractivity (Wildman–Crippen MR) is 70.5 cm³/mol. The summed E-state index contributed by atoms with van der Waals surface area (Å²) in [4.78, 5) is 2.44. The van der Waals surface area contributed by atoms with E-state index in [4.69, 9.17) is 0 Å². The molecule has 1 aliphatic carbocycles. The molecule has 0 N–H and O–H groups in total. The van der Waals surface area contributed by atoms with Gasteiger partial charge in [-0.25, -0.2) is 0 Å². The molecule has 1 nitrogen and oxygen atoms in total. The summed E-state index contributed by atoms with van der Waals surface area (Å²) in [7, 11) is 0. The summed E-state index contributed by atoms with van der Waals surface area (Å²) in [6, 6.07) is 0. The van der Waals surface area contributed by atoms with E-state index in [9.17, 15) is 0 Å². The van der Waals surface area contributed by atoms with Gasteiger partial charge < -0.3 is 0 Å². The van der Waals surface area contributed by atoms with Gasteiger partial charge in [-0.15, -0.1) is 0 Å². The van der Waals surface area contributed by atoms with E-state index in [1.807, 2.05) is 0 Å². The van der Waals surface area contributed by atoms with Crippen molar-refractivity contribution in [3.8, 4) is 0 Å². The predicted octanol–water partition coefficient (Wildman–Crippen LogP) is 3.70. The highest BCUT2D eigenvalue weighted by Crippen LogP contribution is 2.11. The van der Waals surface area contributed by atoms with Crippen molar-refractivity contribution in [2.75, 3.05) is 19.6 Å². The van der Waals surface area contributed by atoms with E-state index in [2.05, 4.69) is 49.3 Å². The van der Waals surface area contributed by atoms with Crippen molar-refractivity contribution in [3.63, 3.8) is 0 Å². The van der Waals surface area contributed by atoms with E-state index in [0.717, 1.165) is 19.5 Å². The zero-order valence-corrected chi connectivity index (χ0v) is 10.8. The summed E-state index contributed by atoms with van der Waals surface area (Å²) in [5.41, 5.74) is 9.08. The normalized spacial score (nSPS) is 14.2. The van der Waals surface area contributed by atoms with Crippen LogP contribution < -0.4 is 0 Å². The highest BCUT2D eigenvalue weighted by Gasteiger charge is 2.04. The number of likely N-dealkylation sites (N-methyl/N-ethyl adjacent to an activating group) is 1. The van der Waals surface area contributed by atoms with E-state index in [1.54, 1.807) is 0 Å². The number of hydrogen-bond donors (Lipinski definition) is 0. The van der Waals surface area contributed by atoms with Crippen LogP contribution in [0.2, 0.25) is 0 Å². The maximum absolute atomic E-state index is 3.28. The molecule has 0 unspecified atom stereocenters. The van der Waals surface area contributed by atoms with Gasteiger partial charge in [0.05, 0.1) is 0 Å². The third-order valence-electron chi connectivity index (χ3n) is 2.77. The fourth-order valence-corrected chi connectivity index (χ4v) is 1.86. The lowest BCUT2D eigenvalue weighted by molar-refractivity contribution is 0.315. The number of allylic oxidation sites excluding steroid dienone is 2. The molecule has 0 heterocycles. The maximum atomic E-state index is 3.28. The minimum absolute atomic E-state index is 1.01. The molecular formula is C15H23N. The van der Waals surface area contributed by atoms with Gasteiger partial charge in [0.25, 0.3) is 0 Å². The molecule has 0 saturated carbocycles. The molecule has 0 aromatic rings. The van der Waals surface area contributed by atoms with Crippen molar-refractivity contribution in [2.24, 2.45) is 0 Å². The average molecular weight is 217 g/mol. The van der Waals surface area contributed by atoms with Gasteiger partial charge >= 0.3 is 0 Å². The molecule has 0 fully saturated rings. The Morgan fingerprint density at radius 2 is 1.69 bits per heavy atom. The van der Waals surface area contributed by atoms with E-state index in [0.29, 0.717) is 0 Å². The Labute approximate surface area is 99.8 Å². The fourth-order valence-electron chi connectivity index (χ4n) is 1.86. The first-order valence-electron chi connectivity index (χ1n) is 6.44. The van der Waals surface area contributed by atoms with Crippen LogP contribution in [0.3, 0.4) is 0 Å². The topological polar surface area (TPSA) is 3.24 Å². The van der Waals surface area contributed by atoms with E-state index >= 15 is 0 Å². The van der Waals surface area contributed by atoms with Gasteiger partial charge in [-0.2, -0.15) is 0 Å². The summed E-state index contributed by atoms with van der Waals surface area (Å²) >= 11 is 0. The molecule has 0 atom stereocenters. The van der Waals surface area contributed by atoms with Crippen LogP contribution in [0.25, 0.3) is 0 Å². The Hall–Kier alpha value is -1.00. The molecule has 0 spiro atoms. The number of nitrogens with zero attached hydrogens (tertiary/aromatic N) is 1. The van der Waals surface area contributed by atoms with Crippen LogP contribution in [-0.2, 0) is 0 Å². The Morgan fingerprint density at radius 3 is 2.19 bits per heavy atom. The van der Waals surface area contributed by atoms with Crippen molar-refractivity contribution in [1.29, 1.82) is 0 Å². The Balaban J connectivity index is 2.62. The van der Waals surface area contributed by atoms with E-state index in [-0.39, 0.29) is 0 Å². The van der Waals surface area contributed by atoms with Crippen LogP contribution in [0.1, 0.15) is 40.0 Å². The Bertz CT molecular complexity index is 336. The van der Waals surface area contributed by atoms with Gasteiger partial charge in [0, 0.05) is 17.7 Å². The van der Waals surface area contributed by atoms with Crippen molar-refractivity contribution >= 4 is 0 Å². The first-order valence-corrected chi connectivity index (χ1v) is 6.44. The van der Waals surface area contributed by atoms with Gasteiger partial charge in [0.15, 0.2) is 0 Å². The van der Waals surface area contributed by atoms with Crippen LogP contribution >= 0.6 is 0 Å². The zero-order chi connectivity index (χ0) is 11.8. The molecule has 0 aromatic heterocycles. The molecular weight excluding hydrogens is 194 g/mol.